The Kier molecular flexibility index (Phi) is 7.13. The zero-order chi connectivity index (χ0) is 22.8. The molecule has 0 bridgehead atoms. The summed E-state index contributed by atoms with van der Waals surface area (Å²) >= 11 is 0. The molecule has 4 N–H and O–H groups in total. The molecule has 4 atom stereocenters. The van der Waals surface area contributed by atoms with Gasteiger partial charge in [-0.3, -0.25) is 15.5 Å². The Morgan fingerprint density at radius 1 is 1.39 bits per heavy atom. The molecular formula is C17H26F3N7O4. The van der Waals surface area contributed by atoms with Crippen molar-refractivity contribution in [3.8, 4) is 6.01 Å². The van der Waals surface area contributed by atoms with Gasteiger partial charge in [-0.15, -0.1) is 0 Å². The van der Waals surface area contributed by atoms with Crippen molar-refractivity contribution in [3.63, 3.8) is 0 Å². The number of hydrogen-bond donors (Lipinski definition) is 4. The van der Waals surface area contributed by atoms with E-state index in [2.05, 4.69) is 15.0 Å². The van der Waals surface area contributed by atoms with Gasteiger partial charge >= 0.3 is 6.01 Å². The molecule has 0 saturated carbocycles. The molecule has 2 aliphatic rings. The van der Waals surface area contributed by atoms with E-state index in [1.54, 1.807) is 19.5 Å². The smallest absolute Gasteiger partial charge is 0.322 e. The third-order valence-electron chi connectivity index (χ3n) is 5.33. The maximum Gasteiger partial charge on any atom is 0.322 e. The average Bonchev–Trinajstić information content (AvgIpc) is 2.93. The number of hydrogen-bond acceptors (Lipinski definition) is 10. The Labute approximate surface area is 176 Å². The van der Waals surface area contributed by atoms with Gasteiger partial charge < -0.3 is 19.5 Å². The molecule has 174 valence electrons. The lowest BCUT2D eigenvalue weighted by atomic mass is 10.1. The monoisotopic (exact) mass is 449 g/mol. The SMILES string of the molecule is C[C@H](Oc1nc(C(=N)NO)nc(N2CCOC[C@@](O)(C(F)F)C2)n1)[C@@H]1C[C@@H](F)CN1C. The van der Waals surface area contributed by atoms with Gasteiger partial charge in [-0.1, -0.05) is 0 Å². The molecule has 0 spiro atoms. The van der Waals surface area contributed by atoms with E-state index in [-0.39, 0.29) is 49.9 Å². The third kappa shape index (κ3) is 5.31. The maximum absolute atomic E-state index is 13.7. The molecule has 11 nitrogen and oxygen atoms in total. The van der Waals surface area contributed by atoms with Crippen LogP contribution in [0.1, 0.15) is 19.2 Å². The number of rotatable bonds is 6. The fraction of sp³-hybridized carbons (Fsp3) is 0.765. The second-order valence-corrected chi connectivity index (χ2v) is 7.77. The van der Waals surface area contributed by atoms with Crippen LogP contribution in [-0.2, 0) is 4.74 Å². The van der Waals surface area contributed by atoms with Crippen molar-refractivity contribution in [1.82, 2.24) is 25.3 Å². The number of nitrogens with zero attached hydrogens (tertiary/aromatic N) is 5. The predicted octanol–water partition coefficient (Wildman–Crippen LogP) is -0.182. The molecule has 3 heterocycles. The highest BCUT2D eigenvalue weighted by Gasteiger charge is 2.42. The van der Waals surface area contributed by atoms with Gasteiger partial charge in [0.2, 0.25) is 11.8 Å². The number of amidine groups is 1. The lowest BCUT2D eigenvalue weighted by Crippen LogP contribution is -2.50. The van der Waals surface area contributed by atoms with Crippen molar-refractivity contribution >= 4 is 11.8 Å². The molecule has 0 aliphatic carbocycles. The van der Waals surface area contributed by atoms with Gasteiger partial charge in [0, 0.05) is 19.1 Å². The first-order valence-electron chi connectivity index (χ1n) is 9.72. The fourth-order valence-electron chi connectivity index (χ4n) is 3.64. The Balaban J connectivity index is 1.89. The van der Waals surface area contributed by atoms with Gasteiger partial charge in [-0.05, 0) is 20.4 Å². The van der Waals surface area contributed by atoms with Crippen molar-refractivity contribution in [2.75, 3.05) is 44.8 Å². The lowest BCUT2D eigenvalue weighted by Gasteiger charge is -2.30. The van der Waals surface area contributed by atoms with Crippen LogP contribution in [0.15, 0.2) is 0 Å². The first kappa shape index (κ1) is 23.4. The summed E-state index contributed by atoms with van der Waals surface area (Å²) in [5.41, 5.74) is -0.830. The van der Waals surface area contributed by atoms with Gasteiger partial charge in [-0.2, -0.15) is 15.0 Å². The number of hydroxylamine groups is 1. The number of β-amino-alcohol motifs (C(OH)–C–C–N with tert-alkyl or cyclic N) is 1. The minimum Gasteiger partial charge on any atom is -0.459 e. The van der Waals surface area contributed by atoms with E-state index in [0.29, 0.717) is 0 Å². The Bertz CT molecular complexity index is 792. The van der Waals surface area contributed by atoms with Crippen LogP contribution in [-0.4, -0.2) is 106 Å². The molecule has 2 saturated heterocycles. The van der Waals surface area contributed by atoms with Crippen molar-refractivity contribution in [3.05, 3.63) is 5.82 Å². The summed E-state index contributed by atoms with van der Waals surface area (Å²) in [6.07, 6.45) is -4.33. The summed E-state index contributed by atoms with van der Waals surface area (Å²) in [6.45, 7) is 1.01. The van der Waals surface area contributed by atoms with E-state index < -0.39 is 43.3 Å². The largest absolute Gasteiger partial charge is 0.459 e. The molecule has 1 aromatic heterocycles. The number of anilines is 1. The van der Waals surface area contributed by atoms with Crippen LogP contribution in [0.2, 0.25) is 0 Å². The fourth-order valence-corrected chi connectivity index (χ4v) is 3.64. The van der Waals surface area contributed by atoms with Crippen LogP contribution in [0.25, 0.3) is 0 Å². The second kappa shape index (κ2) is 9.46. The quantitative estimate of drug-likeness (QED) is 0.263. The van der Waals surface area contributed by atoms with E-state index >= 15 is 0 Å². The summed E-state index contributed by atoms with van der Waals surface area (Å²) in [5.74, 6) is -1.01. The van der Waals surface area contributed by atoms with Crippen LogP contribution < -0.4 is 15.1 Å². The minimum absolute atomic E-state index is 0.0308. The van der Waals surface area contributed by atoms with E-state index in [0.717, 1.165) is 0 Å². The van der Waals surface area contributed by atoms with E-state index in [1.807, 2.05) is 4.90 Å². The normalized spacial score (nSPS) is 28.5. The van der Waals surface area contributed by atoms with Crippen LogP contribution in [0.3, 0.4) is 0 Å². The Morgan fingerprint density at radius 2 is 2.13 bits per heavy atom. The van der Waals surface area contributed by atoms with Gasteiger partial charge in [0.25, 0.3) is 6.43 Å². The molecule has 14 heteroatoms. The number of nitrogens with one attached hydrogen (secondary N) is 2. The highest BCUT2D eigenvalue weighted by atomic mass is 19.3. The molecular weight excluding hydrogens is 423 g/mol. The van der Waals surface area contributed by atoms with Crippen molar-refractivity contribution in [2.24, 2.45) is 0 Å². The first-order valence-corrected chi connectivity index (χ1v) is 9.72. The van der Waals surface area contributed by atoms with Crippen molar-refractivity contribution < 1.29 is 33.0 Å². The molecule has 0 radical (unpaired) electrons. The molecule has 2 aliphatic heterocycles. The zero-order valence-electron chi connectivity index (χ0n) is 17.1. The van der Waals surface area contributed by atoms with Crippen LogP contribution in [0, 0.1) is 5.41 Å². The topological polar surface area (TPSA) is 140 Å². The second-order valence-electron chi connectivity index (χ2n) is 7.77. The Morgan fingerprint density at radius 3 is 2.74 bits per heavy atom. The predicted molar refractivity (Wildman–Crippen MR) is 102 cm³/mol. The van der Waals surface area contributed by atoms with Crippen molar-refractivity contribution in [2.45, 2.75) is 43.7 Å². The highest BCUT2D eigenvalue weighted by Crippen LogP contribution is 2.26. The van der Waals surface area contributed by atoms with Crippen LogP contribution in [0.5, 0.6) is 6.01 Å². The molecule has 0 unspecified atom stereocenters. The number of likely N-dealkylation sites (tertiary alicyclic amines) is 1. The van der Waals surface area contributed by atoms with Crippen molar-refractivity contribution in [1.29, 1.82) is 5.41 Å². The van der Waals surface area contributed by atoms with Gasteiger partial charge in [0.1, 0.15) is 12.3 Å². The first-order chi connectivity index (χ1) is 14.6. The van der Waals surface area contributed by atoms with E-state index in [1.165, 1.54) is 4.90 Å². The lowest BCUT2D eigenvalue weighted by molar-refractivity contribution is -0.123. The van der Waals surface area contributed by atoms with Gasteiger partial charge in [0.05, 0.1) is 19.8 Å². The summed E-state index contributed by atoms with van der Waals surface area (Å²) in [4.78, 5) is 15.2. The number of halogens is 3. The average molecular weight is 449 g/mol. The summed E-state index contributed by atoms with van der Waals surface area (Å²) in [7, 11) is 1.77. The minimum atomic E-state index is -3.07. The van der Waals surface area contributed by atoms with Crippen LogP contribution in [0.4, 0.5) is 19.1 Å². The number of ether oxygens (including phenoxy) is 2. The molecule has 2 fully saturated rings. The zero-order valence-corrected chi connectivity index (χ0v) is 17.1. The standard InChI is InChI=1S/C17H26F3N7O4/c1-9(11-5-10(18)6-26(11)2)31-16-23-13(12(21)25-29)22-15(24-16)27-3-4-30-8-17(28,7-27)14(19)20/h9-11,14,28-29H,3-8H2,1-2H3,(H2,21,25)/t9-,10+,11-,17+/m0/s1. The number of aliphatic hydroxyl groups is 1. The summed E-state index contributed by atoms with van der Waals surface area (Å²) < 4.78 is 51.3. The molecule has 3 rings (SSSR count). The molecule has 0 amide bonds. The van der Waals surface area contributed by atoms with Gasteiger partial charge in [0.15, 0.2) is 11.4 Å². The van der Waals surface area contributed by atoms with E-state index in [4.69, 9.17) is 20.1 Å². The summed E-state index contributed by atoms with van der Waals surface area (Å²) in [5, 5.41) is 27.0. The maximum atomic E-state index is 13.7. The molecule has 0 aromatic carbocycles. The molecule has 1 aromatic rings. The van der Waals surface area contributed by atoms with E-state index in [9.17, 15) is 18.3 Å². The third-order valence-corrected chi connectivity index (χ3v) is 5.33. The molecule has 31 heavy (non-hydrogen) atoms. The number of alkyl halides is 3. The van der Waals surface area contributed by atoms with Crippen LogP contribution >= 0.6 is 0 Å². The van der Waals surface area contributed by atoms with Gasteiger partial charge in [-0.25, -0.2) is 18.7 Å². The Hall–Kier alpha value is -2.29. The highest BCUT2D eigenvalue weighted by molar-refractivity contribution is 5.92. The number of likely N-dealkylation sites (N-methyl/N-ethyl adjacent to an activating group) is 1. The number of aromatic nitrogens is 3. The summed E-state index contributed by atoms with van der Waals surface area (Å²) in [6, 6.07) is -0.474.